The molecule has 2 aromatic carbocycles. The van der Waals surface area contributed by atoms with Gasteiger partial charge in [0.05, 0.1) is 28.5 Å². The number of para-hydroxylation sites is 1. The fourth-order valence-corrected chi connectivity index (χ4v) is 4.41. The summed E-state index contributed by atoms with van der Waals surface area (Å²) in [7, 11) is 0. The molecule has 1 unspecified atom stereocenters. The molecule has 0 radical (unpaired) electrons. The van der Waals surface area contributed by atoms with E-state index in [-0.39, 0.29) is 23.3 Å². The number of fused-ring (bicyclic) bond motifs is 1. The average Bonchev–Trinajstić information content (AvgIpc) is 2.80. The number of thioether (sulfide) groups is 1. The van der Waals surface area contributed by atoms with Crippen molar-refractivity contribution in [3.05, 3.63) is 94.5 Å². The van der Waals surface area contributed by atoms with Crippen LogP contribution >= 0.6 is 11.8 Å². The molecule has 0 bridgehead atoms. The predicted octanol–water partition coefficient (Wildman–Crippen LogP) is 3.93. The molecule has 1 atom stereocenters. The van der Waals surface area contributed by atoms with Gasteiger partial charge in [-0.15, -0.1) is 0 Å². The van der Waals surface area contributed by atoms with E-state index in [2.05, 4.69) is 34.3 Å². The third kappa shape index (κ3) is 4.89. The number of nitrogens with one attached hydrogen (secondary N) is 1. The molecule has 7 heteroatoms. The highest BCUT2D eigenvalue weighted by Crippen LogP contribution is 2.21. The molecule has 0 spiro atoms. The van der Waals surface area contributed by atoms with Gasteiger partial charge in [0.25, 0.3) is 5.56 Å². The van der Waals surface area contributed by atoms with Crippen LogP contribution in [0.25, 0.3) is 16.6 Å². The zero-order valence-corrected chi connectivity index (χ0v) is 18.8. The third-order valence-electron chi connectivity index (χ3n) is 5.18. The van der Waals surface area contributed by atoms with Gasteiger partial charge in [0.15, 0.2) is 5.16 Å². The number of carbonyl (C=O) groups is 1. The summed E-state index contributed by atoms with van der Waals surface area (Å²) in [6, 6.07) is 19.0. The fraction of sp³-hybridized carbons (Fsp3) is 0.200. The van der Waals surface area contributed by atoms with Crippen molar-refractivity contribution < 1.29 is 4.79 Å². The second-order valence-corrected chi connectivity index (χ2v) is 8.59. The number of benzene rings is 2. The monoisotopic (exact) mass is 444 g/mol. The molecule has 1 amide bonds. The Balaban J connectivity index is 1.53. The number of aryl methyl sites for hydroxylation is 1. The molecule has 4 rings (SSSR count). The lowest BCUT2D eigenvalue weighted by Gasteiger charge is -2.16. The number of rotatable bonds is 7. The van der Waals surface area contributed by atoms with Gasteiger partial charge < -0.3 is 5.32 Å². The lowest BCUT2D eigenvalue weighted by Crippen LogP contribution is -2.35. The second kappa shape index (κ2) is 9.78. The number of carbonyl (C=O) groups excluding carboxylic acids is 1. The molecule has 2 aromatic heterocycles. The summed E-state index contributed by atoms with van der Waals surface area (Å²) < 4.78 is 1.52. The minimum absolute atomic E-state index is 0.00530. The summed E-state index contributed by atoms with van der Waals surface area (Å²) in [6.45, 7) is 4.07. The highest BCUT2D eigenvalue weighted by molar-refractivity contribution is 7.99. The summed E-state index contributed by atoms with van der Waals surface area (Å²) in [4.78, 5) is 34.6. The first-order valence-electron chi connectivity index (χ1n) is 10.4. The van der Waals surface area contributed by atoms with Gasteiger partial charge in [0, 0.05) is 12.2 Å². The van der Waals surface area contributed by atoms with E-state index in [1.54, 1.807) is 36.7 Å². The maximum atomic E-state index is 13.2. The number of pyridine rings is 1. The van der Waals surface area contributed by atoms with E-state index < -0.39 is 0 Å². The Morgan fingerprint density at radius 1 is 1.09 bits per heavy atom. The summed E-state index contributed by atoms with van der Waals surface area (Å²) in [6.07, 6.45) is 4.03. The minimum Gasteiger partial charge on any atom is -0.353 e. The van der Waals surface area contributed by atoms with Gasteiger partial charge in [-0.3, -0.25) is 19.1 Å². The quantitative estimate of drug-likeness (QED) is 0.345. The Bertz CT molecular complexity index is 1300. The van der Waals surface area contributed by atoms with Gasteiger partial charge in [-0.05, 0) is 55.7 Å². The zero-order chi connectivity index (χ0) is 22.5. The van der Waals surface area contributed by atoms with Crippen LogP contribution in [0.3, 0.4) is 0 Å². The topological polar surface area (TPSA) is 76.9 Å². The highest BCUT2D eigenvalue weighted by Gasteiger charge is 2.16. The molecule has 162 valence electrons. The van der Waals surface area contributed by atoms with Gasteiger partial charge >= 0.3 is 0 Å². The number of hydrogen-bond donors (Lipinski definition) is 1. The van der Waals surface area contributed by atoms with Crippen LogP contribution in [0.1, 0.15) is 18.1 Å². The van der Waals surface area contributed by atoms with Crippen LogP contribution in [-0.4, -0.2) is 32.2 Å². The SMILES string of the molecule is Cc1ccccc1CC(C)NC(=O)CSc1nc2ccccc2c(=O)n1-c1cccnc1. The van der Waals surface area contributed by atoms with Crippen LogP contribution in [0.5, 0.6) is 0 Å². The third-order valence-corrected chi connectivity index (χ3v) is 6.11. The van der Waals surface area contributed by atoms with Gasteiger partial charge in [0.1, 0.15) is 0 Å². The molecule has 0 aliphatic carbocycles. The molecule has 1 N–H and O–H groups in total. The Kier molecular flexibility index (Phi) is 6.66. The summed E-state index contributed by atoms with van der Waals surface area (Å²) in [5, 5.41) is 4.04. The molecule has 0 aliphatic rings. The van der Waals surface area contributed by atoms with Crippen molar-refractivity contribution >= 4 is 28.6 Å². The van der Waals surface area contributed by atoms with Crippen molar-refractivity contribution in [1.82, 2.24) is 19.9 Å². The lowest BCUT2D eigenvalue weighted by atomic mass is 10.0. The number of amides is 1. The van der Waals surface area contributed by atoms with Crippen molar-refractivity contribution in [2.75, 3.05) is 5.75 Å². The molecule has 0 aliphatic heterocycles. The van der Waals surface area contributed by atoms with Crippen molar-refractivity contribution in [2.45, 2.75) is 31.5 Å². The molecule has 0 saturated heterocycles. The Hall–Kier alpha value is -3.45. The van der Waals surface area contributed by atoms with E-state index in [0.717, 1.165) is 6.42 Å². The van der Waals surface area contributed by atoms with Crippen molar-refractivity contribution in [1.29, 1.82) is 0 Å². The largest absolute Gasteiger partial charge is 0.353 e. The van der Waals surface area contributed by atoms with E-state index in [0.29, 0.717) is 21.7 Å². The molecular formula is C25H24N4O2S. The fourth-order valence-electron chi connectivity index (χ4n) is 3.59. The first kappa shape index (κ1) is 21.8. The predicted molar refractivity (Wildman–Crippen MR) is 128 cm³/mol. The Labute approximate surface area is 190 Å². The van der Waals surface area contributed by atoms with Crippen LogP contribution in [0.15, 0.2) is 83.0 Å². The second-order valence-electron chi connectivity index (χ2n) is 7.65. The molecule has 32 heavy (non-hydrogen) atoms. The van der Waals surface area contributed by atoms with Crippen LogP contribution in [0.2, 0.25) is 0 Å². The molecule has 0 fully saturated rings. The smallest absolute Gasteiger partial charge is 0.266 e. The zero-order valence-electron chi connectivity index (χ0n) is 18.0. The number of hydrogen-bond acceptors (Lipinski definition) is 5. The Morgan fingerprint density at radius 3 is 2.66 bits per heavy atom. The maximum Gasteiger partial charge on any atom is 0.266 e. The summed E-state index contributed by atoms with van der Waals surface area (Å²) >= 11 is 1.24. The minimum atomic E-state index is -0.181. The molecule has 6 nitrogen and oxygen atoms in total. The van der Waals surface area contributed by atoms with Gasteiger partial charge in [0.2, 0.25) is 5.91 Å². The van der Waals surface area contributed by atoms with E-state index in [9.17, 15) is 9.59 Å². The van der Waals surface area contributed by atoms with Crippen molar-refractivity contribution in [3.8, 4) is 5.69 Å². The van der Waals surface area contributed by atoms with E-state index in [1.165, 1.54) is 27.5 Å². The van der Waals surface area contributed by atoms with Crippen LogP contribution < -0.4 is 10.9 Å². The maximum absolute atomic E-state index is 13.2. The highest BCUT2D eigenvalue weighted by atomic mass is 32.2. The van der Waals surface area contributed by atoms with E-state index in [1.807, 2.05) is 31.2 Å². The summed E-state index contributed by atoms with van der Waals surface area (Å²) in [5.74, 6) is 0.0552. The van der Waals surface area contributed by atoms with Gasteiger partial charge in [-0.25, -0.2) is 4.98 Å². The standard InChI is InChI=1S/C25H24N4O2S/c1-17-8-3-4-9-19(17)14-18(2)27-23(30)16-32-25-28-22-12-6-5-11-21(22)24(31)29(25)20-10-7-13-26-15-20/h3-13,15,18H,14,16H2,1-2H3,(H,27,30). The van der Waals surface area contributed by atoms with E-state index in [4.69, 9.17) is 0 Å². The molecule has 0 saturated carbocycles. The molecule has 2 heterocycles. The first-order chi connectivity index (χ1) is 15.5. The van der Waals surface area contributed by atoms with Crippen LogP contribution in [0, 0.1) is 6.92 Å². The van der Waals surface area contributed by atoms with Crippen LogP contribution in [-0.2, 0) is 11.2 Å². The molecule has 4 aromatic rings. The van der Waals surface area contributed by atoms with Crippen molar-refractivity contribution in [2.24, 2.45) is 0 Å². The van der Waals surface area contributed by atoms with E-state index >= 15 is 0 Å². The first-order valence-corrected chi connectivity index (χ1v) is 11.4. The Morgan fingerprint density at radius 2 is 1.88 bits per heavy atom. The summed E-state index contributed by atoms with van der Waals surface area (Å²) in [5.41, 5.74) is 3.47. The average molecular weight is 445 g/mol. The normalized spacial score (nSPS) is 11.9. The van der Waals surface area contributed by atoms with Crippen molar-refractivity contribution in [3.63, 3.8) is 0 Å². The van der Waals surface area contributed by atoms with Crippen LogP contribution in [0.4, 0.5) is 0 Å². The lowest BCUT2D eigenvalue weighted by molar-refractivity contribution is -0.119. The molecular weight excluding hydrogens is 420 g/mol. The van der Waals surface area contributed by atoms with Gasteiger partial charge in [-0.1, -0.05) is 48.2 Å². The number of nitrogens with zero attached hydrogens (tertiary/aromatic N) is 3. The number of aromatic nitrogens is 3. The van der Waals surface area contributed by atoms with Gasteiger partial charge in [-0.2, -0.15) is 0 Å².